The van der Waals surface area contributed by atoms with Gasteiger partial charge in [0.25, 0.3) is 5.91 Å². The second-order valence-electron chi connectivity index (χ2n) is 4.55. The maximum atomic E-state index is 12.5. The first kappa shape index (κ1) is 12.2. The summed E-state index contributed by atoms with van der Waals surface area (Å²) in [6.07, 6.45) is -3.79. The molecule has 7 heteroatoms. The van der Waals surface area contributed by atoms with Crippen LogP contribution in [0.4, 0.5) is 13.2 Å². The first-order valence-electron chi connectivity index (χ1n) is 5.50. The molecule has 1 aliphatic heterocycles. The van der Waals surface area contributed by atoms with Gasteiger partial charge in [0, 0.05) is 7.05 Å². The topological polar surface area (TPSA) is 53.5 Å². The fourth-order valence-electron chi connectivity index (χ4n) is 2.44. The van der Waals surface area contributed by atoms with Gasteiger partial charge in [-0.1, -0.05) is 0 Å². The molecule has 96 valence electrons. The molecular weight excluding hydrogens is 235 g/mol. The third-order valence-corrected chi connectivity index (χ3v) is 3.55. The smallest absolute Gasteiger partial charge is 0.342 e. The average Bonchev–Trinajstić information content (AvgIpc) is 2.55. The van der Waals surface area contributed by atoms with Gasteiger partial charge in [-0.15, -0.1) is 0 Å². The summed E-state index contributed by atoms with van der Waals surface area (Å²) < 4.78 is 37.5. The maximum Gasteiger partial charge on any atom is 0.391 e. The Labute approximate surface area is 96.7 Å². The highest BCUT2D eigenvalue weighted by Crippen LogP contribution is 2.41. The number of hydrogen-bond donors (Lipinski definition) is 2. The van der Waals surface area contributed by atoms with Crippen LogP contribution in [0.3, 0.4) is 0 Å². The van der Waals surface area contributed by atoms with E-state index in [1.165, 1.54) is 7.05 Å². The molecule has 1 saturated heterocycles. The highest BCUT2D eigenvalue weighted by Gasteiger charge is 2.51. The van der Waals surface area contributed by atoms with Crippen LogP contribution >= 0.6 is 0 Å². The highest BCUT2D eigenvalue weighted by molar-refractivity contribution is 6.09. The molecule has 0 aromatic carbocycles. The largest absolute Gasteiger partial charge is 0.391 e. The standard InChI is InChI=1S/C10H14F3N3O/c1-14-8-15-7(17)9(16-8)4-2-6(3-5-9)10(11,12)13/h6H,2-5H2,1H3,(H2,14,15,16,17). The van der Waals surface area contributed by atoms with Gasteiger partial charge in [0.05, 0.1) is 5.92 Å². The molecule has 4 nitrogen and oxygen atoms in total. The predicted molar refractivity (Wildman–Crippen MR) is 55.4 cm³/mol. The van der Waals surface area contributed by atoms with Gasteiger partial charge >= 0.3 is 6.18 Å². The maximum absolute atomic E-state index is 12.5. The minimum Gasteiger partial charge on any atom is -0.342 e. The molecule has 0 unspecified atom stereocenters. The summed E-state index contributed by atoms with van der Waals surface area (Å²) in [5.41, 5.74) is -0.878. The quantitative estimate of drug-likeness (QED) is 0.677. The molecule has 0 atom stereocenters. The molecule has 2 aliphatic rings. The van der Waals surface area contributed by atoms with Gasteiger partial charge in [0.1, 0.15) is 5.54 Å². The van der Waals surface area contributed by atoms with Gasteiger partial charge in [-0.3, -0.25) is 15.1 Å². The van der Waals surface area contributed by atoms with Gasteiger partial charge in [-0.2, -0.15) is 13.2 Å². The summed E-state index contributed by atoms with van der Waals surface area (Å²) >= 11 is 0. The summed E-state index contributed by atoms with van der Waals surface area (Å²) in [5, 5.41) is 5.44. The predicted octanol–water partition coefficient (Wildman–Crippen LogP) is 1.18. The number of carbonyl (C=O) groups is 1. The zero-order valence-electron chi connectivity index (χ0n) is 9.40. The van der Waals surface area contributed by atoms with Gasteiger partial charge in [0.2, 0.25) is 0 Å². The molecule has 1 saturated carbocycles. The van der Waals surface area contributed by atoms with E-state index in [1.54, 1.807) is 0 Å². The lowest BCUT2D eigenvalue weighted by Crippen LogP contribution is -2.50. The van der Waals surface area contributed by atoms with Crippen LogP contribution in [-0.2, 0) is 4.79 Å². The third-order valence-electron chi connectivity index (χ3n) is 3.55. The monoisotopic (exact) mass is 249 g/mol. The summed E-state index contributed by atoms with van der Waals surface area (Å²) in [6.45, 7) is 0. The molecule has 0 aromatic rings. The van der Waals surface area contributed by atoms with Crippen molar-refractivity contribution in [1.82, 2.24) is 10.6 Å². The third kappa shape index (κ3) is 2.10. The lowest BCUT2D eigenvalue weighted by molar-refractivity contribution is -0.185. The minimum atomic E-state index is -4.15. The van der Waals surface area contributed by atoms with Crippen molar-refractivity contribution in [1.29, 1.82) is 0 Å². The average molecular weight is 249 g/mol. The van der Waals surface area contributed by atoms with E-state index in [2.05, 4.69) is 15.6 Å². The Bertz CT molecular complexity index is 356. The van der Waals surface area contributed by atoms with Crippen molar-refractivity contribution >= 4 is 11.9 Å². The molecular formula is C10H14F3N3O. The first-order chi connectivity index (χ1) is 7.87. The van der Waals surface area contributed by atoms with Crippen LogP contribution in [0.15, 0.2) is 4.99 Å². The van der Waals surface area contributed by atoms with Crippen molar-refractivity contribution in [2.24, 2.45) is 10.9 Å². The number of aliphatic imine (C=N–C) groups is 1. The van der Waals surface area contributed by atoms with Crippen LogP contribution in [-0.4, -0.2) is 30.6 Å². The highest BCUT2D eigenvalue weighted by atomic mass is 19.4. The molecule has 1 amide bonds. The van der Waals surface area contributed by atoms with Crippen molar-refractivity contribution in [2.75, 3.05) is 7.05 Å². The zero-order chi connectivity index (χ0) is 12.7. The Hall–Kier alpha value is -1.27. The van der Waals surface area contributed by atoms with E-state index >= 15 is 0 Å². The number of nitrogens with zero attached hydrogens (tertiary/aromatic N) is 1. The van der Waals surface area contributed by atoms with Crippen molar-refractivity contribution in [2.45, 2.75) is 37.4 Å². The van der Waals surface area contributed by atoms with E-state index < -0.39 is 17.6 Å². The fraction of sp³-hybridized carbons (Fsp3) is 0.800. The molecule has 2 fully saturated rings. The Morgan fingerprint density at radius 2 is 1.94 bits per heavy atom. The fourth-order valence-corrected chi connectivity index (χ4v) is 2.44. The van der Waals surface area contributed by atoms with Crippen LogP contribution in [0.2, 0.25) is 0 Å². The SMILES string of the molecule is CN=C1NC(=O)C2(CCC(C(F)(F)F)CC2)N1. The molecule has 2 N–H and O–H groups in total. The number of alkyl halides is 3. The Morgan fingerprint density at radius 3 is 2.35 bits per heavy atom. The normalized spacial score (nSPS) is 36.1. The molecule has 1 spiro atoms. The molecule has 0 radical (unpaired) electrons. The number of hydrogen-bond acceptors (Lipinski definition) is 2. The zero-order valence-corrected chi connectivity index (χ0v) is 9.40. The van der Waals surface area contributed by atoms with E-state index in [-0.39, 0.29) is 31.6 Å². The number of halogens is 3. The first-order valence-corrected chi connectivity index (χ1v) is 5.50. The van der Waals surface area contributed by atoms with E-state index in [0.29, 0.717) is 5.96 Å². The number of guanidine groups is 1. The van der Waals surface area contributed by atoms with E-state index in [1.807, 2.05) is 0 Å². The lowest BCUT2D eigenvalue weighted by Gasteiger charge is -2.35. The van der Waals surface area contributed by atoms with Gasteiger partial charge in [0.15, 0.2) is 5.96 Å². The minimum absolute atomic E-state index is 0.0130. The lowest BCUT2D eigenvalue weighted by atomic mass is 9.76. The van der Waals surface area contributed by atoms with E-state index in [0.717, 1.165) is 0 Å². The van der Waals surface area contributed by atoms with Crippen LogP contribution in [0.1, 0.15) is 25.7 Å². The summed E-state index contributed by atoms with van der Waals surface area (Å²) in [5.74, 6) is -1.20. The van der Waals surface area contributed by atoms with E-state index in [4.69, 9.17) is 0 Å². The van der Waals surface area contributed by atoms with Crippen LogP contribution < -0.4 is 10.6 Å². The van der Waals surface area contributed by atoms with Crippen molar-refractivity contribution in [3.05, 3.63) is 0 Å². The second kappa shape index (κ2) is 3.89. The van der Waals surface area contributed by atoms with Crippen LogP contribution in [0.25, 0.3) is 0 Å². The molecule has 1 heterocycles. The Morgan fingerprint density at radius 1 is 1.35 bits per heavy atom. The number of amides is 1. The Kier molecular flexibility index (Phi) is 2.79. The van der Waals surface area contributed by atoms with Crippen molar-refractivity contribution < 1.29 is 18.0 Å². The number of carbonyl (C=O) groups excluding carboxylic acids is 1. The second-order valence-corrected chi connectivity index (χ2v) is 4.55. The summed E-state index contributed by atoms with van der Waals surface area (Å²) in [4.78, 5) is 15.5. The molecule has 2 rings (SSSR count). The number of nitrogens with one attached hydrogen (secondary N) is 2. The Balaban J connectivity index is 2.06. The van der Waals surface area contributed by atoms with Crippen LogP contribution in [0.5, 0.6) is 0 Å². The van der Waals surface area contributed by atoms with Crippen molar-refractivity contribution in [3.63, 3.8) is 0 Å². The summed E-state index contributed by atoms with van der Waals surface area (Å²) in [7, 11) is 1.52. The van der Waals surface area contributed by atoms with Crippen molar-refractivity contribution in [3.8, 4) is 0 Å². The number of rotatable bonds is 0. The molecule has 0 aromatic heterocycles. The molecule has 1 aliphatic carbocycles. The van der Waals surface area contributed by atoms with E-state index in [9.17, 15) is 18.0 Å². The van der Waals surface area contributed by atoms with Gasteiger partial charge in [-0.05, 0) is 25.7 Å². The molecule has 0 bridgehead atoms. The van der Waals surface area contributed by atoms with Crippen LogP contribution in [0, 0.1) is 5.92 Å². The summed E-state index contributed by atoms with van der Waals surface area (Å²) in [6, 6.07) is 0. The van der Waals surface area contributed by atoms with Gasteiger partial charge in [-0.25, -0.2) is 0 Å². The molecule has 17 heavy (non-hydrogen) atoms. The van der Waals surface area contributed by atoms with Gasteiger partial charge < -0.3 is 5.32 Å².